The second-order valence-electron chi connectivity index (χ2n) is 17.0. The van der Waals surface area contributed by atoms with Gasteiger partial charge in [0.05, 0.1) is 0 Å². The van der Waals surface area contributed by atoms with E-state index >= 15 is 0 Å². The summed E-state index contributed by atoms with van der Waals surface area (Å²) in [4.78, 5) is 0. The molecule has 0 atom stereocenters. The summed E-state index contributed by atoms with van der Waals surface area (Å²) >= 11 is 1.94. The summed E-state index contributed by atoms with van der Waals surface area (Å²) in [7, 11) is 0. The third-order valence-electron chi connectivity index (χ3n) is 11.5. The first kappa shape index (κ1) is 51.2. The molecular weight excluding hydrogens is 735 g/mol. The Morgan fingerprint density at radius 1 is 0.351 bits per heavy atom. The van der Waals surface area contributed by atoms with Crippen LogP contribution in [-0.2, 0) is 40.1 Å². The van der Waals surface area contributed by atoms with Gasteiger partial charge < -0.3 is 5.53 Å². The van der Waals surface area contributed by atoms with Crippen molar-refractivity contribution in [3.63, 3.8) is 0 Å². The monoisotopic (exact) mass is 825 g/mol. The summed E-state index contributed by atoms with van der Waals surface area (Å²) in [6.45, 7) is 18.3. The van der Waals surface area contributed by atoms with Crippen LogP contribution in [-0.4, -0.2) is 4.70 Å². The average molecular weight is 826 g/mol. The van der Waals surface area contributed by atoms with E-state index in [4.69, 9.17) is 0 Å². The number of nitrogens with zero attached hydrogens (tertiary/aromatic N) is 2. The van der Waals surface area contributed by atoms with E-state index in [9.17, 15) is 5.53 Å². The summed E-state index contributed by atoms with van der Waals surface area (Å²) in [6.07, 6.45) is 34.4. The molecule has 0 bridgehead atoms. The molecule has 326 valence electrons. The van der Waals surface area contributed by atoms with Crippen LogP contribution in [0, 0.1) is 0 Å². The van der Waals surface area contributed by atoms with Crippen LogP contribution >= 0.6 is 0 Å². The van der Waals surface area contributed by atoms with Crippen LogP contribution in [0.5, 0.6) is 0 Å². The zero-order valence-corrected chi connectivity index (χ0v) is 39.9. The Bertz CT molecular complexity index is 1430. The molecule has 0 amide bonds. The molecule has 0 spiro atoms. The van der Waals surface area contributed by atoms with Crippen LogP contribution in [0.25, 0.3) is 16.9 Å². The average Bonchev–Trinajstić information content (AvgIpc) is 3.50. The summed E-state index contributed by atoms with van der Waals surface area (Å²) in [6, 6.07) is 14.6. The van der Waals surface area contributed by atoms with Gasteiger partial charge in [0.1, 0.15) is 0 Å². The minimum absolute atomic E-state index is 1.03. The van der Waals surface area contributed by atoms with Crippen molar-refractivity contribution < 1.29 is 19.1 Å². The quantitative estimate of drug-likeness (QED) is 0.0399. The van der Waals surface area contributed by atoms with Crippen molar-refractivity contribution in [2.24, 2.45) is 0 Å². The first-order chi connectivity index (χ1) is 27.9. The molecule has 3 rings (SSSR count). The molecule has 0 aromatic heterocycles. The van der Waals surface area contributed by atoms with Gasteiger partial charge in [-0.3, -0.25) is 0 Å². The molecule has 0 fully saturated rings. The molecule has 0 N–H and O–H groups in total. The summed E-state index contributed by atoms with van der Waals surface area (Å²) < 4.78 is 1.67. The number of hydrogen-bond acceptors (Lipinski definition) is 0. The molecule has 1 aliphatic heterocycles. The van der Waals surface area contributed by atoms with Gasteiger partial charge in [-0.25, -0.2) is 4.70 Å². The van der Waals surface area contributed by atoms with Gasteiger partial charge >= 0.3 is 64.8 Å². The molecule has 2 aromatic rings. The van der Waals surface area contributed by atoms with Gasteiger partial charge in [-0.1, -0.05) is 131 Å². The molecule has 0 saturated carbocycles. The van der Waals surface area contributed by atoms with E-state index in [1.807, 2.05) is 14.4 Å². The normalized spacial score (nSPS) is 12.9. The summed E-state index contributed by atoms with van der Waals surface area (Å²) in [5.41, 5.74) is 25.7. The van der Waals surface area contributed by atoms with Crippen LogP contribution in [0.2, 0.25) is 10.8 Å². The summed E-state index contributed by atoms with van der Waals surface area (Å²) in [5.74, 6) is 0. The van der Waals surface area contributed by atoms with E-state index in [1.165, 1.54) is 184 Å². The van der Waals surface area contributed by atoms with E-state index in [-0.39, 0.29) is 0 Å². The Labute approximate surface area is 361 Å². The van der Waals surface area contributed by atoms with E-state index < -0.39 is 0 Å². The Morgan fingerprint density at radius 2 is 0.649 bits per heavy atom. The molecule has 0 radical (unpaired) electrons. The fourth-order valence-electron chi connectivity index (χ4n) is 7.98. The molecule has 57 heavy (non-hydrogen) atoms. The zero-order valence-electron chi connectivity index (χ0n) is 38.9. The van der Waals surface area contributed by atoms with Crippen LogP contribution in [0.4, 0.5) is 0 Å². The van der Waals surface area contributed by atoms with Crippen molar-refractivity contribution >= 4 is 11.4 Å². The van der Waals surface area contributed by atoms with Crippen molar-refractivity contribution in [1.82, 2.24) is 0 Å². The van der Waals surface area contributed by atoms with Gasteiger partial charge in [0.15, 0.2) is 0 Å². The fourth-order valence-corrected chi connectivity index (χ4v) is 9.42. The second-order valence-corrected chi connectivity index (χ2v) is 18.4. The van der Waals surface area contributed by atoms with Crippen molar-refractivity contribution in [3.05, 3.63) is 86.5 Å². The SMILES string of the molecule is CCCCCCCCC1=C(c2cc(CCCC)cc(CCCCC)c2)[N+](=[N-])C(c2cc(CCCC)cc(CCCCC)c2)=C1CCCC.CCC[CH2][Ni][CH2]CCC. The van der Waals surface area contributed by atoms with Crippen molar-refractivity contribution in [2.75, 3.05) is 0 Å². The van der Waals surface area contributed by atoms with E-state index in [1.54, 1.807) is 4.70 Å². The Morgan fingerprint density at radius 3 is 1.05 bits per heavy atom. The number of rotatable bonds is 32. The van der Waals surface area contributed by atoms with Gasteiger partial charge in [0.2, 0.25) is 11.4 Å². The van der Waals surface area contributed by atoms with Crippen LogP contribution in [0.1, 0.15) is 243 Å². The van der Waals surface area contributed by atoms with Crippen molar-refractivity contribution in [3.8, 4) is 0 Å². The van der Waals surface area contributed by atoms with Crippen LogP contribution in [0.3, 0.4) is 0 Å². The Balaban J connectivity index is 0.00000111. The molecule has 2 nitrogen and oxygen atoms in total. The van der Waals surface area contributed by atoms with E-state index in [0.29, 0.717) is 0 Å². The number of hydrogen-bond donors (Lipinski definition) is 0. The number of benzene rings is 2. The molecular formula is C54H90N2Ni. The van der Waals surface area contributed by atoms with Gasteiger partial charge in [-0.15, -0.1) is 0 Å². The van der Waals surface area contributed by atoms with E-state index in [2.05, 4.69) is 91.8 Å². The fraction of sp³-hybridized carbons (Fsp3) is 0.704. The number of aryl methyl sites for hydroxylation is 4. The Hall–Kier alpha value is -1.99. The molecule has 0 saturated heterocycles. The predicted octanol–water partition coefficient (Wildman–Crippen LogP) is 18.5. The van der Waals surface area contributed by atoms with Gasteiger partial charge in [0.25, 0.3) is 0 Å². The predicted molar refractivity (Wildman–Crippen MR) is 251 cm³/mol. The third kappa shape index (κ3) is 19.8. The van der Waals surface area contributed by atoms with Crippen molar-refractivity contribution in [2.45, 2.75) is 246 Å². The molecule has 2 aromatic carbocycles. The third-order valence-corrected chi connectivity index (χ3v) is 12.9. The molecule has 0 aliphatic carbocycles. The van der Waals surface area contributed by atoms with Crippen molar-refractivity contribution in [1.29, 1.82) is 0 Å². The van der Waals surface area contributed by atoms with Crippen LogP contribution < -0.4 is 0 Å². The molecule has 3 heteroatoms. The first-order valence-electron chi connectivity index (χ1n) is 24.6. The van der Waals surface area contributed by atoms with E-state index in [0.717, 1.165) is 62.8 Å². The zero-order chi connectivity index (χ0) is 41.5. The molecule has 1 aliphatic rings. The summed E-state index contributed by atoms with van der Waals surface area (Å²) in [5, 5.41) is 2.78. The number of unbranched alkanes of at least 4 members (excludes halogenated alkanes) is 14. The maximum atomic E-state index is 12.5. The number of allylic oxidation sites excluding steroid dienone is 2. The first-order valence-corrected chi connectivity index (χ1v) is 26.0. The maximum absolute atomic E-state index is 12.5. The second kappa shape index (κ2) is 32.8. The standard InChI is InChI=1S/C46H72N2.2C4H9.Ni/c1-7-13-19-20-21-24-30-44-43(29-18-12-6)45(41-33-37(25-16-10-4)31-39(35-41)27-22-14-8-2)48(47)46(44)42-34-38(26-17-11-5)32-40(36-42)28-23-15-9-3;2*1-3-4-2;/h31-36H,7-30H2,1-6H3;2*1,3-4H2,2H3;. The van der Waals surface area contributed by atoms with Gasteiger partial charge in [-0.05, 0) is 124 Å². The van der Waals surface area contributed by atoms with Crippen LogP contribution in [0.15, 0.2) is 47.5 Å². The Kier molecular flexibility index (Phi) is 29.5. The van der Waals surface area contributed by atoms with Gasteiger partial charge in [0, 0.05) is 22.3 Å². The topological polar surface area (TPSA) is 25.3 Å². The van der Waals surface area contributed by atoms with Gasteiger partial charge in [-0.2, -0.15) is 0 Å². The molecule has 0 unspecified atom stereocenters. The minimum atomic E-state index is 1.03. The molecule has 1 heterocycles.